The smallest absolute Gasteiger partial charge is 0.487 e. The Bertz CT molecular complexity index is 1210. The lowest BCUT2D eigenvalue weighted by molar-refractivity contribution is -0.274. The van der Waals surface area contributed by atoms with Gasteiger partial charge < -0.3 is 14.2 Å². The first-order valence-corrected chi connectivity index (χ1v) is 11.4. The molecular weight excluding hydrogens is 517 g/mol. The quantitative estimate of drug-likeness (QED) is 0.217. The minimum absolute atomic E-state index is 0. The summed E-state index contributed by atoms with van der Waals surface area (Å²) in [7, 11) is 0. The van der Waals surface area contributed by atoms with Crippen molar-refractivity contribution in [3.8, 4) is 11.5 Å². The van der Waals surface area contributed by atoms with Gasteiger partial charge in [0.25, 0.3) is 0 Å². The lowest BCUT2D eigenvalue weighted by atomic mass is 10.2. The summed E-state index contributed by atoms with van der Waals surface area (Å²) >= 11 is 1.45. The molecule has 0 unspecified atom stereocenters. The summed E-state index contributed by atoms with van der Waals surface area (Å²) in [6, 6.07) is 13.3. The van der Waals surface area contributed by atoms with E-state index in [1.54, 1.807) is 41.4 Å². The van der Waals surface area contributed by atoms with Gasteiger partial charge in [-0.05, 0) is 41.5 Å². The second-order valence-electron chi connectivity index (χ2n) is 7.28. The molecule has 4 aromatic rings. The van der Waals surface area contributed by atoms with E-state index in [-0.39, 0.29) is 18.2 Å². The average Bonchev–Trinajstić information content (AvgIpc) is 3.52. The van der Waals surface area contributed by atoms with Gasteiger partial charge in [-0.25, -0.2) is 4.98 Å². The number of benzene rings is 2. The van der Waals surface area contributed by atoms with Crippen molar-refractivity contribution >= 4 is 35.9 Å². The fraction of sp³-hybridized carbons (Fsp3) is 0.208. The van der Waals surface area contributed by atoms with Gasteiger partial charge in [0.05, 0.1) is 31.6 Å². The number of ether oxygens (including phenoxy) is 3. The van der Waals surface area contributed by atoms with E-state index in [9.17, 15) is 13.2 Å². The Morgan fingerprint density at radius 2 is 1.69 bits per heavy atom. The SMILES string of the molecule is Cl.FC(F)(F)Oc1ccc(/C=C/c2nc(COc3ccc(COCCn4ccnn4)cc3)cs2)cc1. The zero-order chi connectivity index (χ0) is 24.5. The lowest BCUT2D eigenvalue weighted by Gasteiger charge is -2.08. The molecule has 0 aliphatic carbocycles. The van der Waals surface area contributed by atoms with Crippen LogP contribution < -0.4 is 9.47 Å². The van der Waals surface area contributed by atoms with Crippen LogP contribution in [0.1, 0.15) is 21.8 Å². The van der Waals surface area contributed by atoms with Crippen molar-refractivity contribution < 1.29 is 27.4 Å². The molecule has 0 bridgehead atoms. The van der Waals surface area contributed by atoms with E-state index in [1.165, 1.54) is 23.5 Å². The van der Waals surface area contributed by atoms with E-state index in [0.29, 0.717) is 26.4 Å². The van der Waals surface area contributed by atoms with Crippen molar-refractivity contribution in [1.29, 1.82) is 0 Å². The van der Waals surface area contributed by atoms with E-state index in [0.717, 1.165) is 27.6 Å². The normalized spacial score (nSPS) is 11.4. The second-order valence-corrected chi connectivity index (χ2v) is 8.17. The fourth-order valence-electron chi connectivity index (χ4n) is 2.95. The molecule has 2 heterocycles. The highest BCUT2D eigenvalue weighted by Crippen LogP contribution is 2.23. The van der Waals surface area contributed by atoms with Crippen LogP contribution in [0.15, 0.2) is 66.3 Å². The molecule has 0 aliphatic rings. The molecule has 2 aromatic heterocycles. The number of nitrogens with zero attached hydrogens (tertiary/aromatic N) is 4. The van der Waals surface area contributed by atoms with Crippen molar-refractivity contribution in [2.75, 3.05) is 6.61 Å². The van der Waals surface area contributed by atoms with Crippen molar-refractivity contribution in [1.82, 2.24) is 20.0 Å². The summed E-state index contributed by atoms with van der Waals surface area (Å²) < 4.78 is 53.7. The minimum atomic E-state index is -4.70. The number of aromatic nitrogens is 4. The van der Waals surface area contributed by atoms with Gasteiger partial charge in [0.1, 0.15) is 23.1 Å². The number of thiazole rings is 1. The van der Waals surface area contributed by atoms with E-state index < -0.39 is 6.36 Å². The van der Waals surface area contributed by atoms with Crippen molar-refractivity contribution in [2.24, 2.45) is 0 Å². The highest BCUT2D eigenvalue weighted by molar-refractivity contribution is 7.10. The van der Waals surface area contributed by atoms with E-state index in [1.807, 2.05) is 29.6 Å². The summed E-state index contributed by atoms with van der Waals surface area (Å²) in [6.07, 6.45) is 2.28. The Hall–Kier alpha value is -3.41. The van der Waals surface area contributed by atoms with Crippen LogP contribution in [-0.2, 0) is 24.5 Å². The molecule has 7 nitrogen and oxygen atoms in total. The third kappa shape index (κ3) is 8.99. The van der Waals surface area contributed by atoms with Crippen molar-refractivity contribution in [3.63, 3.8) is 0 Å². The molecule has 0 N–H and O–H groups in total. The maximum atomic E-state index is 12.2. The third-order valence-electron chi connectivity index (χ3n) is 4.62. The van der Waals surface area contributed by atoms with E-state index in [4.69, 9.17) is 9.47 Å². The van der Waals surface area contributed by atoms with Gasteiger partial charge in [0.2, 0.25) is 0 Å². The maximum absolute atomic E-state index is 12.2. The highest BCUT2D eigenvalue weighted by atomic mass is 35.5. The van der Waals surface area contributed by atoms with Gasteiger partial charge in [-0.2, -0.15) is 0 Å². The van der Waals surface area contributed by atoms with E-state index in [2.05, 4.69) is 20.0 Å². The molecule has 0 saturated carbocycles. The summed E-state index contributed by atoms with van der Waals surface area (Å²) in [5.74, 6) is 0.467. The molecule has 36 heavy (non-hydrogen) atoms. The van der Waals surface area contributed by atoms with Crippen LogP contribution in [0.25, 0.3) is 12.2 Å². The first-order valence-electron chi connectivity index (χ1n) is 10.5. The summed E-state index contributed by atoms with van der Waals surface area (Å²) in [4.78, 5) is 4.50. The minimum Gasteiger partial charge on any atom is -0.487 e. The third-order valence-corrected chi connectivity index (χ3v) is 5.48. The zero-order valence-electron chi connectivity index (χ0n) is 18.8. The molecule has 0 spiro atoms. The summed E-state index contributed by atoms with van der Waals surface area (Å²) in [5, 5.41) is 10.3. The molecule has 0 radical (unpaired) electrons. The van der Waals surface area contributed by atoms with Gasteiger partial charge in [-0.15, -0.1) is 42.0 Å². The van der Waals surface area contributed by atoms with Crippen LogP contribution >= 0.6 is 23.7 Å². The fourth-order valence-corrected chi connectivity index (χ4v) is 3.65. The Labute approximate surface area is 215 Å². The summed E-state index contributed by atoms with van der Waals surface area (Å²) in [5.41, 5.74) is 2.55. The Morgan fingerprint density at radius 1 is 0.944 bits per heavy atom. The molecule has 0 atom stereocenters. The van der Waals surface area contributed by atoms with E-state index >= 15 is 0 Å². The standard InChI is InChI=1S/C24H21F3N4O3S.ClH/c25-24(26,27)34-22-8-1-18(2-9-22)5-10-23-29-20(17-35-23)16-33-21-6-3-19(4-7-21)15-32-14-13-31-12-11-28-30-31;/h1-12,17H,13-16H2;1H/b10-5+;. The molecule has 12 heteroatoms. The monoisotopic (exact) mass is 538 g/mol. The largest absolute Gasteiger partial charge is 0.573 e. The molecule has 190 valence electrons. The topological polar surface area (TPSA) is 71.3 Å². The van der Waals surface area contributed by atoms with Crippen LogP contribution in [-0.4, -0.2) is 32.9 Å². The Morgan fingerprint density at radius 3 is 2.39 bits per heavy atom. The number of rotatable bonds is 11. The maximum Gasteiger partial charge on any atom is 0.573 e. The number of hydrogen-bond donors (Lipinski definition) is 0. The molecule has 0 amide bonds. The van der Waals surface area contributed by atoms with Crippen LogP contribution in [0, 0.1) is 0 Å². The average molecular weight is 539 g/mol. The van der Waals surface area contributed by atoms with Crippen molar-refractivity contribution in [3.05, 3.63) is 88.1 Å². The number of alkyl halides is 3. The predicted molar refractivity (Wildman–Crippen MR) is 132 cm³/mol. The van der Waals surface area contributed by atoms with Gasteiger partial charge >= 0.3 is 6.36 Å². The van der Waals surface area contributed by atoms with Gasteiger partial charge in [0, 0.05) is 11.6 Å². The number of halogens is 4. The van der Waals surface area contributed by atoms with Crippen LogP contribution in [0.3, 0.4) is 0 Å². The van der Waals surface area contributed by atoms with Gasteiger partial charge in [-0.1, -0.05) is 35.6 Å². The van der Waals surface area contributed by atoms with Crippen molar-refractivity contribution in [2.45, 2.75) is 26.1 Å². The lowest BCUT2D eigenvalue weighted by Crippen LogP contribution is -2.16. The summed E-state index contributed by atoms with van der Waals surface area (Å²) in [6.45, 7) is 2.01. The molecule has 0 saturated heterocycles. The van der Waals surface area contributed by atoms with Crippen LogP contribution in [0.5, 0.6) is 11.5 Å². The Balaban J connectivity index is 0.00000361. The molecular formula is C24H22ClF3N4O3S. The van der Waals surface area contributed by atoms with Gasteiger partial charge in [0.15, 0.2) is 0 Å². The molecule has 4 rings (SSSR count). The molecule has 0 fully saturated rings. The molecule has 0 aliphatic heterocycles. The Kier molecular flexibility index (Phi) is 9.86. The van der Waals surface area contributed by atoms with Gasteiger partial charge in [-0.3, -0.25) is 4.68 Å². The first kappa shape index (κ1) is 27.2. The van der Waals surface area contributed by atoms with Crippen LogP contribution in [0.2, 0.25) is 0 Å². The zero-order valence-corrected chi connectivity index (χ0v) is 20.4. The van der Waals surface area contributed by atoms with Crippen LogP contribution in [0.4, 0.5) is 13.2 Å². The second kappa shape index (κ2) is 13.1. The number of hydrogen-bond acceptors (Lipinski definition) is 7. The highest BCUT2D eigenvalue weighted by Gasteiger charge is 2.30. The molecule has 2 aromatic carbocycles. The first-order chi connectivity index (χ1) is 16.9. The predicted octanol–water partition coefficient (Wildman–Crippen LogP) is 6.02.